The highest BCUT2D eigenvalue weighted by Crippen LogP contribution is 2.43. The minimum absolute atomic E-state index is 0.612. The Morgan fingerprint density at radius 3 is 2.36 bits per heavy atom. The fourth-order valence-corrected chi connectivity index (χ4v) is 4.53. The molecule has 1 aliphatic heterocycles. The van der Waals surface area contributed by atoms with Gasteiger partial charge in [-0.15, -0.1) is 21.5 Å². The fraction of sp³-hybridized carbons (Fsp3) is 0.529. The second kappa shape index (κ2) is 6.26. The van der Waals surface area contributed by atoms with E-state index in [0.717, 1.165) is 30.6 Å². The largest absolute Gasteiger partial charge is 0.299 e. The van der Waals surface area contributed by atoms with Crippen LogP contribution >= 0.6 is 22.9 Å². The van der Waals surface area contributed by atoms with Crippen molar-refractivity contribution in [2.75, 3.05) is 13.1 Å². The Balaban J connectivity index is 1.33. The van der Waals surface area contributed by atoms with Gasteiger partial charge in [0.05, 0.1) is 0 Å². The molecule has 2 heterocycles. The Labute approximate surface area is 140 Å². The first-order valence-electron chi connectivity index (χ1n) is 8.08. The quantitative estimate of drug-likeness (QED) is 0.827. The molecule has 1 saturated heterocycles. The zero-order valence-corrected chi connectivity index (χ0v) is 14.1. The third kappa shape index (κ3) is 3.34. The van der Waals surface area contributed by atoms with Gasteiger partial charge in [-0.3, -0.25) is 4.90 Å². The number of hydrogen-bond donors (Lipinski definition) is 0. The topological polar surface area (TPSA) is 29.0 Å². The molecule has 0 atom stereocenters. The number of benzene rings is 1. The summed E-state index contributed by atoms with van der Waals surface area (Å²) < 4.78 is 0. The third-order valence-corrected chi connectivity index (χ3v) is 6.10. The lowest BCUT2D eigenvalue weighted by atomic mass is 9.97. The maximum absolute atomic E-state index is 6.07. The van der Waals surface area contributed by atoms with Crippen molar-refractivity contribution in [2.24, 2.45) is 0 Å². The van der Waals surface area contributed by atoms with Crippen molar-refractivity contribution in [3.05, 3.63) is 44.9 Å². The molecule has 0 radical (unpaired) electrons. The van der Waals surface area contributed by atoms with Crippen LogP contribution in [0.1, 0.15) is 53.1 Å². The van der Waals surface area contributed by atoms with Gasteiger partial charge < -0.3 is 0 Å². The second-order valence-electron chi connectivity index (χ2n) is 6.43. The van der Waals surface area contributed by atoms with Gasteiger partial charge in [0.15, 0.2) is 0 Å². The van der Waals surface area contributed by atoms with E-state index in [0.29, 0.717) is 5.92 Å². The van der Waals surface area contributed by atoms with Gasteiger partial charge in [-0.05, 0) is 56.5 Å². The smallest absolute Gasteiger partial charge is 0.120 e. The van der Waals surface area contributed by atoms with Gasteiger partial charge in [0.25, 0.3) is 0 Å². The molecule has 2 aliphatic rings. The lowest BCUT2D eigenvalue weighted by molar-refractivity contribution is 0.204. The van der Waals surface area contributed by atoms with Crippen LogP contribution in [0.15, 0.2) is 24.3 Å². The normalized spacial score (nSPS) is 20.4. The Morgan fingerprint density at radius 1 is 1.05 bits per heavy atom. The predicted octanol–water partition coefficient (Wildman–Crippen LogP) is 4.45. The maximum Gasteiger partial charge on any atom is 0.120 e. The molecule has 0 unspecified atom stereocenters. The molecule has 2 aromatic rings. The van der Waals surface area contributed by atoms with E-state index in [2.05, 4.69) is 27.2 Å². The number of aromatic nitrogens is 2. The van der Waals surface area contributed by atoms with Crippen molar-refractivity contribution in [1.82, 2.24) is 15.1 Å². The SMILES string of the molecule is Clc1cccc(CN2CCC(c3nnc(C4CC4)s3)CC2)c1. The van der Waals surface area contributed by atoms with Crippen molar-refractivity contribution >= 4 is 22.9 Å². The molecular weight excluding hydrogens is 314 g/mol. The van der Waals surface area contributed by atoms with Crippen LogP contribution in [0.25, 0.3) is 0 Å². The summed E-state index contributed by atoms with van der Waals surface area (Å²) in [7, 11) is 0. The first-order valence-corrected chi connectivity index (χ1v) is 9.27. The number of hydrogen-bond acceptors (Lipinski definition) is 4. The van der Waals surface area contributed by atoms with E-state index in [1.54, 1.807) is 0 Å². The molecule has 0 amide bonds. The van der Waals surface area contributed by atoms with Crippen molar-refractivity contribution < 1.29 is 0 Å². The van der Waals surface area contributed by atoms with Gasteiger partial charge in [0, 0.05) is 23.4 Å². The lowest BCUT2D eigenvalue weighted by Crippen LogP contribution is -2.32. The highest BCUT2D eigenvalue weighted by atomic mass is 35.5. The van der Waals surface area contributed by atoms with E-state index in [4.69, 9.17) is 11.6 Å². The number of nitrogens with zero attached hydrogens (tertiary/aromatic N) is 3. The summed E-state index contributed by atoms with van der Waals surface area (Å²) in [4.78, 5) is 2.52. The molecule has 1 saturated carbocycles. The van der Waals surface area contributed by atoms with E-state index in [-0.39, 0.29) is 0 Å². The van der Waals surface area contributed by atoms with Crippen LogP contribution in [0, 0.1) is 0 Å². The minimum atomic E-state index is 0.612. The molecule has 4 rings (SSSR count). The van der Waals surface area contributed by atoms with Crippen LogP contribution < -0.4 is 0 Å². The molecule has 1 aromatic heterocycles. The van der Waals surface area contributed by atoms with Crippen LogP contribution in [0.3, 0.4) is 0 Å². The van der Waals surface area contributed by atoms with Crippen LogP contribution in [-0.2, 0) is 6.54 Å². The molecule has 22 heavy (non-hydrogen) atoms. The molecule has 2 fully saturated rings. The molecule has 0 spiro atoms. The number of likely N-dealkylation sites (tertiary alicyclic amines) is 1. The zero-order valence-electron chi connectivity index (χ0n) is 12.5. The van der Waals surface area contributed by atoms with Gasteiger partial charge in [-0.25, -0.2) is 0 Å². The second-order valence-corrected chi connectivity index (χ2v) is 7.91. The molecule has 5 heteroatoms. The fourth-order valence-electron chi connectivity index (χ4n) is 3.14. The Morgan fingerprint density at radius 2 is 1.73 bits per heavy atom. The van der Waals surface area contributed by atoms with Crippen LogP contribution in [-0.4, -0.2) is 28.2 Å². The Bertz CT molecular complexity index is 645. The Kier molecular flexibility index (Phi) is 4.16. The third-order valence-electron chi connectivity index (χ3n) is 4.61. The first kappa shape index (κ1) is 14.6. The molecule has 116 valence electrons. The van der Waals surface area contributed by atoms with Crippen LogP contribution in [0.5, 0.6) is 0 Å². The van der Waals surface area contributed by atoms with E-state index >= 15 is 0 Å². The zero-order chi connectivity index (χ0) is 14.9. The summed E-state index contributed by atoms with van der Waals surface area (Å²) in [6.07, 6.45) is 5.01. The molecule has 0 N–H and O–H groups in total. The van der Waals surface area contributed by atoms with E-state index in [9.17, 15) is 0 Å². The van der Waals surface area contributed by atoms with Gasteiger partial charge in [0.2, 0.25) is 0 Å². The minimum Gasteiger partial charge on any atom is -0.299 e. The molecule has 1 aliphatic carbocycles. The summed E-state index contributed by atoms with van der Waals surface area (Å²) in [6.45, 7) is 3.27. The number of halogens is 1. The van der Waals surface area contributed by atoms with Crippen molar-refractivity contribution in [1.29, 1.82) is 0 Å². The van der Waals surface area contributed by atoms with Gasteiger partial charge in [-0.1, -0.05) is 23.7 Å². The molecule has 0 bridgehead atoms. The van der Waals surface area contributed by atoms with E-state index in [1.165, 1.54) is 41.3 Å². The van der Waals surface area contributed by atoms with Crippen molar-refractivity contribution in [2.45, 2.75) is 44.1 Å². The van der Waals surface area contributed by atoms with Crippen LogP contribution in [0.4, 0.5) is 0 Å². The predicted molar refractivity (Wildman–Crippen MR) is 90.6 cm³/mol. The van der Waals surface area contributed by atoms with Gasteiger partial charge >= 0.3 is 0 Å². The number of piperidine rings is 1. The standard InChI is InChI=1S/C17H20ClN3S/c18-15-3-1-2-12(10-15)11-21-8-6-14(7-9-21)17-20-19-16(22-17)13-4-5-13/h1-3,10,13-14H,4-9,11H2. The average molecular weight is 334 g/mol. The summed E-state index contributed by atoms with van der Waals surface area (Å²) in [6, 6.07) is 8.19. The summed E-state index contributed by atoms with van der Waals surface area (Å²) in [5.74, 6) is 1.34. The highest BCUT2D eigenvalue weighted by molar-refractivity contribution is 7.11. The molecular formula is C17H20ClN3S. The summed E-state index contributed by atoms with van der Waals surface area (Å²) in [5, 5.41) is 12.2. The molecule has 3 nitrogen and oxygen atoms in total. The number of rotatable bonds is 4. The lowest BCUT2D eigenvalue weighted by Gasteiger charge is -2.30. The monoisotopic (exact) mass is 333 g/mol. The molecule has 1 aromatic carbocycles. The maximum atomic E-state index is 6.07. The van der Waals surface area contributed by atoms with Crippen LogP contribution in [0.2, 0.25) is 5.02 Å². The summed E-state index contributed by atoms with van der Waals surface area (Å²) in [5.41, 5.74) is 1.30. The average Bonchev–Trinajstić information content (AvgIpc) is 3.26. The highest BCUT2D eigenvalue weighted by Gasteiger charge is 2.30. The summed E-state index contributed by atoms with van der Waals surface area (Å²) >= 11 is 7.93. The first-order chi connectivity index (χ1) is 10.8. The Hall–Kier alpha value is -0.970. The van der Waals surface area contributed by atoms with Crippen molar-refractivity contribution in [3.63, 3.8) is 0 Å². The van der Waals surface area contributed by atoms with E-state index in [1.807, 2.05) is 23.5 Å². The van der Waals surface area contributed by atoms with Gasteiger partial charge in [0.1, 0.15) is 10.0 Å². The van der Waals surface area contributed by atoms with Crippen molar-refractivity contribution in [3.8, 4) is 0 Å². The van der Waals surface area contributed by atoms with Gasteiger partial charge in [-0.2, -0.15) is 0 Å². The van der Waals surface area contributed by atoms with E-state index < -0.39 is 0 Å².